The minimum atomic E-state index is -4.77. The van der Waals surface area contributed by atoms with Crippen molar-refractivity contribution < 1.29 is 31.5 Å². The summed E-state index contributed by atoms with van der Waals surface area (Å²) in [6, 6.07) is 17.9. The molecular weight excluding hydrogens is 535 g/mol. The number of anilines is 1. The Hall–Kier alpha value is -3.74. The zero-order valence-electron chi connectivity index (χ0n) is 20.6. The van der Waals surface area contributed by atoms with Crippen molar-refractivity contribution in [3.8, 4) is 28.3 Å². The molecule has 1 aliphatic heterocycles. The zero-order chi connectivity index (χ0) is 27.6. The molecule has 0 amide bonds. The number of hydrogen-bond acceptors (Lipinski definition) is 7. The van der Waals surface area contributed by atoms with E-state index in [0.29, 0.717) is 53.5 Å². The van der Waals surface area contributed by atoms with E-state index in [-0.39, 0.29) is 17.4 Å². The molecule has 0 spiro atoms. The first-order valence-electron chi connectivity index (χ1n) is 12.2. The van der Waals surface area contributed by atoms with Crippen molar-refractivity contribution in [2.75, 3.05) is 16.8 Å². The molecule has 0 unspecified atom stereocenters. The fraction of sp³-hybridized carbons (Fsp3) is 0.259. The maximum atomic E-state index is 12.6. The molecule has 39 heavy (non-hydrogen) atoms. The average molecular weight is 562 g/mol. The van der Waals surface area contributed by atoms with Gasteiger partial charge >= 0.3 is 6.36 Å². The van der Waals surface area contributed by atoms with E-state index in [1.165, 1.54) is 30.3 Å². The SMILES string of the molecule is O=c1ccc(-c2cc(-c3ccc(OC(F)(F)F)cc3)no2)cn1Cc1cccc(NC2CCS(O)(O)CC2)c1. The van der Waals surface area contributed by atoms with Crippen molar-refractivity contribution in [2.24, 2.45) is 0 Å². The van der Waals surface area contributed by atoms with Crippen LogP contribution in [-0.4, -0.2) is 42.7 Å². The molecule has 0 atom stereocenters. The summed E-state index contributed by atoms with van der Waals surface area (Å²) in [6.07, 6.45) is -1.75. The fourth-order valence-corrected chi connectivity index (χ4v) is 5.95. The highest BCUT2D eigenvalue weighted by Gasteiger charge is 2.31. The van der Waals surface area contributed by atoms with Gasteiger partial charge in [-0.05, 0) is 60.9 Å². The number of alkyl halides is 3. The predicted octanol–water partition coefficient (Wildman–Crippen LogP) is 6.44. The maximum Gasteiger partial charge on any atom is 0.573 e. The normalized spacial score (nSPS) is 16.5. The number of rotatable bonds is 7. The highest BCUT2D eigenvalue weighted by atomic mass is 32.3. The Balaban J connectivity index is 1.29. The van der Waals surface area contributed by atoms with Gasteiger partial charge in [-0.25, -0.2) is 0 Å². The second kappa shape index (κ2) is 10.8. The fourth-order valence-electron chi connectivity index (χ4n) is 4.42. The third-order valence-electron chi connectivity index (χ3n) is 6.40. The van der Waals surface area contributed by atoms with Gasteiger partial charge in [0.15, 0.2) is 5.76 Å². The van der Waals surface area contributed by atoms with E-state index in [1.54, 1.807) is 22.9 Å². The van der Waals surface area contributed by atoms with E-state index in [1.807, 2.05) is 24.3 Å². The van der Waals surface area contributed by atoms with Gasteiger partial charge in [0.05, 0.1) is 6.54 Å². The first-order chi connectivity index (χ1) is 18.5. The van der Waals surface area contributed by atoms with E-state index < -0.39 is 17.0 Å². The summed E-state index contributed by atoms with van der Waals surface area (Å²) in [7, 11) is -2.44. The van der Waals surface area contributed by atoms with Gasteiger partial charge in [-0.15, -0.1) is 13.2 Å². The molecule has 3 heterocycles. The second-order valence-corrected chi connectivity index (χ2v) is 11.8. The Labute approximate surface area is 223 Å². The van der Waals surface area contributed by atoms with Crippen LogP contribution in [-0.2, 0) is 6.54 Å². The van der Waals surface area contributed by atoms with Crippen molar-refractivity contribution in [2.45, 2.75) is 31.8 Å². The lowest BCUT2D eigenvalue weighted by Gasteiger charge is -2.39. The average Bonchev–Trinajstić information content (AvgIpc) is 3.37. The monoisotopic (exact) mass is 561 g/mol. The molecule has 2 aromatic carbocycles. The summed E-state index contributed by atoms with van der Waals surface area (Å²) in [5.41, 5.74) is 3.17. The summed E-state index contributed by atoms with van der Waals surface area (Å²) in [4.78, 5) is 12.6. The Morgan fingerprint density at radius 2 is 1.74 bits per heavy atom. The van der Waals surface area contributed by atoms with Crippen LogP contribution in [0.15, 0.2) is 82.2 Å². The molecule has 12 heteroatoms. The molecule has 0 radical (unpaired) electrons. The number of nitrogens with zero attached hydrogens (tertiary/aromatic N) is 2. The summed E-state index contributed by atoms with van der Waals surface area (Å²) in [5, 5.41) is 7.46. The summed E-state index contributed by atoms with van der Waals surface area (Å²) in [5.74, 6) is 0.855. The van der Waals surface area contributed by atoms with Gasteiger partial charge in [-0.3, -0.25) is 13.9 Å². The predicted molar refractivity (Wildman–Crippen MR) is 143 cm³/mol. The molecular formula is C27H26F3N3O5S. The molecule has 0 aliphatic carbocycles. The number of pyridine rings is 1. The van der Waals surface area contributed by atoms with E-state index in [9.17, 15) is 27.1 Å². The first kappa shape index (κ1) is 26.9. The van der Waals surface area contributed by atoms with Crippen molar-refractivity contribution in [1.82, 2.24) is 9.72 Å². The molecule has 4 aromatic rings. The highest BCUT2D eigenvalue weighted by molar-refractivity contribution is 8.24. The van der Waals surface area contributed by atoms with Crippen LogP contribution < -0.4 is 15.6 Å². The Kier molecular flexibility index (Phi) is 7.43. The molecule has 0 bridgehead atoms. The summed E-state index contributed by atoms with van der Waals surface area (Å²) in [6.45, 7) is 0.315. The number of nitrogens with one attached hydrogen (secondary N) is 1. The number of halogens is 3. The van der Waals surface area contributed by atoms with Crippen molar-refractivity contribution in [3.05, 3.63) is 88.8 Å². The lowest BCUT2D eigenvalue weighted by molar-refractivity contribution is -0.274. The molecule has 1 aliphatic rings. The van der Waals surface area contributed by atoms with Crippen LogP contribution in [0.1, 0.15) is 18.4 Å². The van der Waals surface area contributed by atoms with E-state index in [4.69, 9.17) is 4.52 Å². The topological polar surface area (TPSA) is 110 Å². The summed E-state index contributed by atoms with van der Waals surface area (Å²) < 4.78 is 67.8. The molecule has 8 nitrogen and oxygen atoms in total. The van der Waals surface area contributed by atoms with E-state index in [0.717, 1.165) is 11.3 Å². The molecule has 206 valence electrons. The maximum absolute atomic E-state index is 12.6. The molecule has 2 aromatic heterocycles. The Morgan fingerprint density at radius 1 is 1.03 bits per heavy atom. The molecule has 3 N–H and O–H groups in total. The van der Waals surface area contributed by atoms with Crippen LogP contribution in [0.2, 0.25) is 0 Å². The molecule has 0 saturated carbocycles. The van der Waals surface area contributed by atoms with Crippen LogP contribution in [0.4, 0.5) is 18.9 Å². The molecule has 5 rings (SSSR count). The van der Waals surface area contributed by atoms with Crippen molar-refractivity contribution >= 4 is 16.3 Å². The number of benzene rings is 2. The number of hydrogen-bond donors (Lipinski definition) is 3. The van der Waals surface area contributed by atoms with Gasteiger partial charge in [-0.1, -0.05) is 17.3 Å². The van der Waals surface area contributed by atoms with Crippen LogP contribution in [0, 0.1) is 0 Å². The lowest BCUT2D eigenvalue weighted by atomic mass is 10.1. The van der Waals surface area contributed by atoms with Gasteiger partial charge in [0, 0.05) is 52.7 Å². The quantitative estimate of drug-likeness (QED) is 0.238. The Bertz CT molecular complexity index is 1490. The van der Waals surface area contributed by atoms with Gasteiger partial charge < -0.3 is 19.1 Å². The standard InChI is InChI=1S/C27H26F3N3O5S/c28-27(29,30)37-23-7-4-19(5-8-23)24-15-25(38-32-24)20-6-9-26(34)33(17-20)16-18-2-1-3-22(14-18)31-21-10-12-39(35,36)13-11-21/h1-9,14-15,17,21,31,35-36H,10-13,16H2. The van der Waals surface area contributed by atoms with Crippen LogP contribution in [0.3, 0.4) is 0 Å². The van der Waals surface area contributed by atoms with Crippen LogP contribution in [0.25, 0.3) is 22.6 Å². The van der Waals surface area contributed by atoms with Crippen LogP contribution in [0.5, 0.6) is 5.75 Å². The van der Waals surface area contributed by atoms with E-state index in [2.05, 4.69) is 15.2 Å². The number of aromatic nitrogens is 2. The van der Waals surface area contributed by atoms with E-state index >= 15 is 0 Å². The first-order valence-corrected chi connectivity index (χ1v) is 14.0. The van der Waals surface area contributed by atoms with Gasteiger partial charge in [0.2, 0.25) is 0 Å². The van der Waals surface area contributed by atoms with Crippen molar-refractivity contribution in [1.29, 1.82) is 0 Å². The zero-order valence-corrected chi connectivity index (χ0v) is 21.4. The third kappa shape index (κ3) is 7.02. The third-order valence-corrected chi connectivity index (χ3v) is 8.18. The lowest BCUT2D eigenvalue weighted by Crippen LogP contribution is -2.30. The second-order valence-electron chi connectivity index (χ2n) is 9.36. The van der Waals surface area contributed by atoms with Gasteiger partial charge in [-0.2, -0.15) is 10.6 Å². The minimum absolute atomic E-state index is 0.153. The van der Waals surface area contributed by atoms with Gasteiger partial charge in [0.1, 0.15) is 11.4 Å². The summed E-state index contributed by atoms with van der Waals surface area (Å²) >= 11 is 0. The van der Waals surface area contributed by atoms with Crippen LogP contribution >= 0.6 is 10.6 Å². The molecule has 1 saturated heterocycles. The number of ether oxygens (including phenoxy) is 1. The smallest absolute Gasteiger partial charge is 0.406 e. The minimum Gasteiger partial charge on any atom is -0.406 e. The largest absolute Gasteiger partial charge is 0.573 e. The Morgan fingerprint density at radius 3 is 2.46 bits per heavy atom. The van der Waals surface area contributed by atoms with Crippen molar-refractivity contribution in [3.63, 3.8) is 0 Å². The highest BCUT2D eigenvalue weighted by Crippen LogP contribution is 2.44. The van der Waals surface area contributed by atoms with Gasteiger partial charge in [0.25, 0.3) is 5.56 Å². The molecule has 1 fully saturated rings.